The molecule has 1 heterocycles. The van der Waals surface area contributed by atoms with E-state index in [0.29, 0.717) is 5.82 Å². The normalized spacial score (nSPS) is 10.2. The molecule has 0 unspecified atom stereocenters. The topological polar surface area (TPSA) is 43.8 Å². The maximum absolute atomic E-state index is 5.50. The Kier molecular flexibility index (Phi) is 2.00. The molecule has 1 aromatic carbocycles. The molecule has 0 saturated heterocycles. The van der Waals surface area contributed by atoms with Gasteiger partial charge in [-0.15, -0.1) is 0 Å². The van der Waals surface area contributed by atoms with Crippen molar-refractivity contribution in [3.63, 3.8) is 0 Å². The molecule has 3 heteroatoms. The second-order valence-electron chi connectivity index (χ2n) is 2.96. The zero-order chi connectivity index (χ0) is 9.10. The maximum atomic E-state index is 5.50. The minimum Gasteiger partial charge on any atom is -0.382 e. The van der Waals surface area contributed by atoms with Gasteiger partial charge in [0, 0.05) is 12.7 Å². The highest BCUT2D eigenvalue weighted by Gasteiger charge is 1.94. The molecule has 66 valence electrons. The van der Waals surface area contributed by atoms with Crippen LogP contribution in [-0.2, 0) is 6.54 Å². The Bertz CT molecular complexity index is 378. The van der Waals surface area contributed by atoms with Gasteiger partial charge in [0.05, 0.1) is 6.33 Å². The summed E-state index contributed by atoms with van der Waals surface area (Å²) in [4.78, 5) is 3.95. The third-order valence-electron chi connectivity index (χ3n) is 1.86. The lowest BCUT2D eigenvalue weighted by molar-refractivity contribution is 0.797. The van der Waals surface area contributed by atoms with Crippen LogP contribution in [-0.4, -0.2) is 9.55 Å². The Balaban J connectivity index is 2.15. The number of nitrogens with two attached hydrogens (primary N) is 1. The van der Waals surface area contributed by atoms with Crippen molar-refractivity contribution in [3.05, 3.63) is 48.4 Å². The second-order valence-corrected chi connectivity index (χ2v) is 2.96. The summed E-state index contributed by atoms with van der Waals surface area (Å²) in [6.07, 6.45) is 3.56. The largest absolute Gasteiger partial charge is 0.382 e. The number of hydrogen-bond donors (Lipinski definition) is 1. The van der Waals surface area contributed by atoms with Gasteiger partial charge in [-0.25, -0.2) is 4.98 Å². The molecule has 0 spiro atoms. The number of nitrogen functional groups attached to an aromatic ring is 1. The zero-order valence-electron chi connectivity index (χ0n) is 7.22. The van der Waals surface area contributed by atoms with Gasteiger partial charge >= 0.3 is 0 Å². The standard InChI is InChI=1S/C10H11N3/c11-10-7-13(8-12-10)6-9-4-2-1-3-5-9/h1-5,7-8H,6,11H2. The first-order chi connectivity index (χ1) is 6.34. The summed E-state index contributed by atoms with van der Waals surface area (Å²) in [6.45, 7) is 0.824. The van der Waals surface area contributed by atoms with Crippen molar-refractivity contribution < 1.29 is 0 Å². The molecule has 0 aliphatic carbocycles. The molecule has 2 rings (SSSR count). The first kappa shape index (κ1) is 7.86. The van der Waals surface area contributed by atoms with Crippen LogP contribution in [0.25, 0.3) is 0 Å². The van der Waals surface area contributed by atoms with Gasteiger partial charge in [0.1, 0.15) is 5.82 Å². The molecule has 0 aliphatic heterocycles. The molecule has 1 aromatic heterocycles. The van der Waals surface area contributed by atoms with Crippen LogP contribution in [0.1, 0.15) is 5.56 Å². The van der Waals surface area contributed by atoms with Gasteiger partial charge < -0.3 is 10.3 Å². The molecule has 13 heavy (non-hydrogen) atoms. The zero-order valence-corrected chi connectivity index (χ0v) is 7.22. The third kappa shape index (κ3) is 1.87. The van der Waals surface area contributed by atoms with Crippen LogP contribution < -0.4 is 5.73 Å². The summed E-state index contributed by atoms with van der Waals surface area (Å²) in [7, 11) is 0. The fraction of sp³-hybridized carbons (Fsp3) is 0.100. The number of hydrogen-bond acceptors (Lipinski definition) is 2. The average molecular weight is 173 g/mol. The van der Waals surface area contributed by atoms with Gasteiger partial charge in [0.2, 0.25) is 0 Å². The van der Waals surface area contributed by atoms with E-state index in [4.69, 9.17) is 5.73 Å². The van der Waals surface area contributed by atoms with Gasteiger partial charge in [-0.2, -0.15) is 0 Å². The van der Waals surface area contributed by atoms with E-state index >= 15 is 0 Å². The molecule has 0 radical (unpaired) electrons. The van der Waals surface area contributed by atoms with Crippen LogP contribution >= 0.6 is 0 Å². The fourth-order valence-electron chi connectivity index (χ4n) is 1.26. The highest BCUT2D eigenvalue weighted by molar-refractivity contribution is 5.24. The molecule has 0 aliphatic rings. The minimum absolute atomic E-state index is 0.566. The first-order valence-corrected chi connectivity index (χ1v) is 4.16. The molecular formula is C10H11N3. The van der Waals surface area contributed by atoms with Crippen molar-refractivity contribution in [2.75, 3.05) is 5.73 Å². The fourth-order valence-corrected chi connectivity index (χ4v) is 1.26. The van der Waals surface area contributed by atoms with E-state index in [0.717, 1.165) is 6.54 Å². The van der Waals surface area contributed by atoms with E-state index in [9.17, 15) is 0 Å². The van der Waals surface area contributed by atoms with Crippen molar-refractivity contribution in [1.29, 1.82) is 0 Å². The second kappa shape index (κ2) is 3.31. The molecule has 2 N–H and O–H groups in total. The number of benzene rings is 1. The quantitative estimate of drug-likeness (QED) is 0.748. The predicted octanol–water partition coefficient (Wildman–Crippen LogP) is 1.51. The van der Waals surface area contributed by atoms with E-state index in [1.54, 1.807) is 6.33 Å². The van der Waals surface area contributed by atoms with E-state index in [1.807, 2.05) is 29.0 Å². The monoisotopic (exact) mass is 173 g/mol. The molecule has 0 bridgehead atoms. The Morgan fingerprint density at radius 2 is 2.00 bits per heavy atom. The SMILES string of the molecule is Nc1cn(Cc2ccccc2)cn1. The summed E-state index contributed by atoms with van der Waals surface area (Å²) in [5.41, 5.74) is 6.75. The Labute approximate surface area is 76.8 Å². The van der Waals surface area contributed by atoms with Crippen molar-refractivity contribution in [1.82, 2.24) is 9.55 Å². The molecule has 0 saturated carbocycles. The van der Waals surface area contributed by atoms with Gasteiger partial charge in [0.15, 0.2) is 0 Å². The van der Waals surface area contributed by atoms with E-state index in [2.05, 4.69) is 17.1 Å². The summed E-state index contributed by atoms with van der Waals surface area (Å²) in [6, 6.07) is 10.2. The first-order valence-electron chi connectivity index (χ1n) is 4.16. The van der Waals surface area contributed by atoms with Gasteiger partial charge in [-0.3, -0.25) is 0 Å². The van der Waals surface area contributed by atoms with E-state index < -0.39 is 0 Å². The predicted molar refractivity (Wildman–Crippen MR) is 52.2 cm³/mol. The molecule has 2 aromatic rings. The van der Waals surface area contributed by atoms with Crippen LogP contribution in [0.5, 0.6) is 0 Å². The summed E-state index contributed by atoms with van der Waals surface area (Å²) in [5, 5.41) is 0. The Morgan fingerprint density at radius 3 is 2.62 bits per heavy atom. The van der Waals surface area contributed by atoms with Crippen LogP contribution in [0.3, 0.4) is 0 Å². The van der Waals surface area contributed by atoms with E-state index in [1.165, 1.54) is 5.56 Å². The van der Waals surface area contributed by atoms with Crippen molar-refractivity contribution >= 4 is 5.82 Å². The van der Waals surface area contributed by atoms with E-state index in [-0.39, 0.29) is 0 Å². The van der Waals surface area contributed by atoms with Gasteiger partial charge in [-0.05, 0) is 5.56 Å². The lowest BCUT2D eigenvalue weighted by Crippen LogP contribution is -1.95. The number of rotatable bonds is 2. The molecule has 0 atom stereocenters. The highest BCUT2D eigenvalue weighted by atomic mass is 15.1. The molecular weight excluding hydrogens is 162 g/mol. The molecule has 0 fully saturated rings. The highest BCUT2D eigenvalue weighted by Crippen LogP contribution is 2.03. The molecule has 0 amide bonds. The summed E-state index contributed by atoms with van der Waals surface area (Å²) in [5.74, 6) is 0.566. The lowest BCUT2D eigenvalue weighted by atomic mass is 10.2. The smallest absolute Gasteiger partial charge is 0.141 e. The van der Waals surface area contributed by atoms with Crippen LogP contribution in [0.2, 0.25) is 0 Å². The van der Waals surface area contributed by atoms with Gasteiger partial charge in [-0.1, -0.05) is 30.3 Å². The Morgan fingerprint density at radius 1 is 1.23 bits per heavy atom. The number of aromatic nitrogens is 2. The van der Waals surface area contributed by atoms with Gasteiger partial charge in [0.25, 0.3) is 0 Å². The summed E-state index contributed by atoms with van der Waals surface area (Å²) >= 11 is 0. The van der Waals surface area contributed by atoms with Crippen molar-refractivity contribution in [2.45, 2.75) is 6.54 Å². The number of anilines is 1. The van der Waals surface area contributed by atoms with Crippen molar-refractivity contribution in [2.24, 2.45) is 0 Å². The van der Waals surface area contributed by atoms with Crippen LogP contribution in [0, 0.1) is 0 Å². The van der Waals surface area contributed by atoms with Crippen LogP contribution in [0.4, 0.5) is 5.82 Å². The summed E-state index contributed by atoms with van der Waals surface area (Å²) < 4.78 is 1.96. The third-order valence-corrected chi connectivity index (χ3v) is 1.86. The molecule has 3 nitrogen and oxygen atoms in total. The Hall–Kier alpha value is -1.77. The van der Waals surface area contributed by atoms with Crippen molar-refractivity contribution in [3.8, 4) is 0 Å². The van der Waals surface area contributed by atoms with Crippen LogP contribution in [0.15, 0.2) is 42.9 Å². The average Bonchev–Trinajstić information content (AvgIpc) is 2.53. The lowest BCUT2D eigenvalue weighted by Gasteiger charge is -2.00. The maximum Gasteiger partial charge on any atom is 0.141 e. The number of nitrogens with zero attached hydrogens (tertiary/aromatic N) is 2. The minimum atomic E-state index is 0.566. The number of imidazole rings is 1.